The van der Waals surface area contributed by atoms with Gasteiger partial charge in [-0.2, -0.15) is 33.3 Å². The van der Waals surface area contributed by atoms with Gasteiger partial charge in [-0.05, 0) is 173 Å². The molecule has 0 radical (unpaired) electrons. The van der Waals surface area contributed by atoms with Crippen LogP contribution in [-0.2, 0) is 57.1 Å². The summed E-state index contributed by atoms with van der Waals surface area (Å²) in [5.74, 6) is 1.76. The van der Waals surface area contributed by atoms with E-state index in [2.05, 4.69) is 62.0 Å². The number of aryl methyl sites for hydroxylation is 6. The van der Waals surface area contributed by atoms with Crippen LogP contribution in [0.1, 0.15) is 79.1 Å². The predicted octanol–water partition coefficient (Wildman–Crippen LogP) is 11.0. The van der Waals surface area contributed by atoms with E-state index in [1.165, 1.54) is 5.56 Å². The number of rotatable bonds is 14. The summed E-state index contributed by atoms with van der Waals surface area (Å²) in [7, 11) is 7.00. The number of hydrogen-bond acceptors (Lipinski definition) is 16. The molecule has 0 bridgehead atoms. The lowest BCUT2D eigenvalue weighted by Gasteiger charge is -2.44. The number of amides is 2. The zero-order valence-electron chi connectivity index (χ0n) is 49.6. The second kappa shape index (κ2) is 25.3. The van der Waals surface area contributed by atoms with Crippen molar-refractivity contribution < 1.29 is 41.7 Å². The fraction of sp³-hybridized carbons (Fsp3) is 0.400. The van der Waals surface area contributed by atoms with Crippen molar-refractivity contribution in [3.63, 3.8) is 0 Å². The Morgan fingerprint density at radius 2 is 1.12 bits per heavy atom. The molecule has 20 nitrogen and oxygen atoms in total. The number of anilines is 7. The first-order chi connectivity index (χ1) is 39.7. The van der Waals surface area contributed by atoms with Gasteiger partial charge in [-0.3, -0.25) is 9.59 Å². The number of nitrogen functional groups attached to an aromatic ring is 1. The summed E-state index contributed by atoms with van der Waals surface area (Å²) in [6.07, 6.45) is -0.149. The van der Waals surface area contributed by atoms with E-state index in [1.807, 2.05) is 83.1 Å². The number of carbonyl (C=O) groups excluding carboxylic acids is 2. The van der Waals surface area contributed by atoms with Gasteiger partial charge >= 0.3 is 12.1 Å². The Balaban J connectivity index is 0.000000178. The molecule has 0 aliphatic carbocycles. The Bertz CT molecular complexity index is 3690. The summed E-state index contributed by atoms with van der Waals surface area (Å²) in [5, 5.41) is 21.2. The van der Waals surface area contributed by atoms with E-state index in [9.17, 15) is 22.8 Å². The average molecular weight is 1180 g/mol. The quantitative estimate of drug-likeness (QED) is 0.0451. The van der Waals surface area contributed by atoms with Gasteiger partial charge in [0, 0.05) is 83.5 Å². The van der Waals surface area contributed by atoms with Gasteiger partial charge in [0.2, 0.25) is 17.1 Å². The molecule has 0 spiro atoms. The minimum Gasteiger partial charge on any atom is -0.491 e. The van der Waals surface area contributed by atoms with Gasteiger partial charge in [-0.1, -0.05) is 12.1 Å². The van der Waals surface area contributed by atoms with Crippen LogP contribution < -0.4 is 31.2 Å². The van der Waals surface area contributed by atoms with Crippen LogP contribution >= 0.6 is 11.6 Å². The zero-order valence-corrected chi connectivity index (χ0v) is 50.4. The Morgan fingerprint density at radius 1 is 0.655 bits per heavy atom. The number of carbonyl (C=O) groups is 2. The molecule has 0 fully saturated rings. The number of hydrogen-bond donors (Lipinski definition) is 4. The zero-order chi connectivity index (χ0) is 61.0. The van der Waals surface area contributed by atoms with Crippen molar-refractivity contribution in [1.29, 1.82) is 0 Å². The van der Waals surface area contributed by atoms with E-state index in [4.69, 9.17) is 46.4 Å². The highest BCUT2D eigenvalue weighted by atomic mass is 35.5. The summed E-state index contributed by atoms with van der Waals surface area (Å²) in [6, 6.07) is 19.4. The van der Waals surface area contributed by atoms with E-state index in [0.29, 0.717) is 73.0 Å². The SMILES string of the molecule is CC1(C)c2cc(N)ccc2CCN1C(=O)C(F)(F)F.COCCOc1cc(C)c(Nc2nn(C)c3nc(Cl)ncc23)c(C)c1.COCCOc1cc(C)c(Nc2nn(C)c3nc(Nc4ccc5c(c4)C(C)(C)N(C(C)=O)CC5)ncc23)c(C)c1. The largest absolute Gasteiger partial charge is 0.491 e. The Morgan fingerprint density at radius 3 is 1.62 bits per heavy atom. The van der Waals surface area contributed by atoms with E-state index in [0.717, 1.165) is 90.6 Å². The third kappa shape index (κ3) is 13.5. The monoisotopic (exact) mass is 1180 g/mol. The van der Waals surface area contributed by atoms with Gasteiger partial charge in [0.1, 0.15) is 24.7 Å². The molecule has 4 aromatic carbocycles. The lowest BCUT2D eigenvalue weighted by atomic mass is 9.83. The van der Waals surface area contributed by atoms with E-state index < -0.39 is 23.2 Å². The van der Waals surface area contributed by atoms with Crippen LogP contribution in [0, 0.1) is 27.7 Å². The molecule has 0 saturated carbocycles. The minimum atomic E-state index is -4.85. The molecule has 10 rings (SSSR count). The molecule has 2 amide bonds. The summed E-state index contributed by atoms with van der Waals surface area (Å²) in [6.45, 7) is 20.1. The average Bonchev–Trinajstić information content (AvgIpc) is 3.48. The standard InChI is InChI=1S/C30H37N7O3.C17H20ClN5O2.C13H15F3N2O/c1-18-14-23(40-13-12-39-7)15-19(2)26(18)33-27-24-17-31-29(34-28(24)36(6)35-27)32-22-9-8-21-10-11-37(20(3)38)30(4,5)25(21)16-22;1-10-7-12(25-6-5-24-4)8-11(2)14(10)20-15-13-9-19-17(18)21-16(13)23(3)22-15;1-12(2)10-7-9(17)4-3-8(10)5-6-18(12)11(19)13(14,15)16/h8-9,14-17H,10-13H2,1-7H3,(H,33,35)(H,31,32,34);7-9H,5-6H2,1-4H3,(H,20,22);3-4,7H,5-6,17H2,1-2H3. The molecule has 0 atom stereocenters. The topological polar surface area (TPSA) is 227 Å². The Labute approximate surface area is 491 Å². The van der Waals surface area contributed by atoms with Crippen molar-refractivity contribution in [1.82, 2.24) is 49.3 Å². The van der Waals surface area contributed by atoms with Crippen molar-refractivity contribution in [3.8, 4) is 11.5 Å². The number of alkyl halides is 3. The van der Waals surface area contributed by atoms with Gasteiger partial charge in [0.25, 0.3) is 0 Å². The molecule has 2 aliphatic heterocycles. The molecular formula is C60H72ClF3N14O6. The summed E-state index contributed by atoms with van der Waals surface area (Å²) in [5.41, 5.74) is 17.2. The van der Waals surface area contributed by atoms with Crippen LogP contribution in [0.2, 0.25) is 5.28 Å². The summed E-state index contributed by atoms with van der Waals surface area (Å²) >= 11 is 5.87. The number of aromatic nitrogens is 8. The van der Waals surface area contributed by atoms with E-state index in [1.54, 1.807) is 68.9 Å². The maximum Gasteiger partial charge on any atom is 0.471 e. The molecular weight excluding hydrogens is 1110 g/mol. The number of nitrogens with one attached hydrogen (secondary N) is 3. The minimum absolute atomic E-state index is 0.0578. The van der Waals surface area contributed by atoms with Gasteiger partial charge < -0.3 is 50.4 Å². The molecule has 8 aromatic rings. The molecule has 446 valence electrons. The molecule has 0 unspecified atom stereocenters. The van der Waals surface area contributed by atoms with E-state index >= 15 is 0 Å². The highest BCUT2D eigenvalue weighted by Gasteiger charge is 2.49. The lowest BCUT2D eigenvalue weighted by molar-refractivity contribution is -0.191. The van der Waals surface area contributed by atoms with Crippen molar-refractivity contribution in [2.45, 2.75) is 92.4 Å². The fourth-order valence-electron chi connectivity index (χ4n) is 10.8. The molecule has 24 heteroatoms. The van der Waals surface area contributed by atoms with Crippen LogP contribution in [0.15, 0.2) is 73.1 Å². The van der Waals surface area contributed by atoms with Crippen molar-refractivity contribution in [3.05, 3.63) is 123 Å². The van der Waals surface area contributed by atoms with Crippen molar-refractivity contribution in [2.24, 2.45) is 14.1 Å². The number of ether oxygens (including phenoxy) is 4. The second-order valence-corrected chi connectivity index (χ2v) is 22.0. The van der Waals surface area contributed by atoms with Crippen molar-refractivity contribution in [2.75, 3.05) is 75.4 Å². The highest BCUT2D eigenvalue weighted by molar-refractivity contribution is 6.28. The van der Waals surface area contributed by atoms with Crippen LogP contribution in [0.4, 0.5) is 53.5 Å². The Kier molecular flexibility index (Phi) is 18.6. The molecule has 84 heavy (non-hydrogen) atoms. The number of nitrogens with two attached hydrogens (primary N) is 1. The third-order valence-electron chi connectivity index (χ3n) is 15.0. The van der Waals surface area contributed by atoms with Gasteiger partial charge in [-0.25, -0.2) is 19.3 Å². The Hall–Kier alpha value is -8.28. The molecule has 5 N–H and O–H groups in total. The fourth-order valence-corrected chi connectivity index (χ4v) is 10.9. The van der Waals surface area contributed by atoms with E-state index in [-0.39, 0.29) is 17.7 Å². The molecule has 4 aromatic heterocycles. The summed E-state index contributed by atoms with van der Waals surface area (Å²) < 4.78 is 62.8. The smallest absolute Gasteiger partial charge is 0.471 e. The highest BCUT2D eigenvalue weighted by Crippen LogP contribution is 2.40. The number of methoxy groups -OCH3 is 2. The number of fused-ring (bicyclic) bond motifs is 4. The maximum atomic E-state index is 12.6. The van der Waals surface area contributed by atoms with Crippen LogP contribution in [0.3, 0.4) is 0 Å². The number of nitrogens with zero attached hydrogens (tertiary/aromatic N) is 10. The molecule has 0 saturated heterocycles. The molecule has 6 heterocycles. The van der Waals surface area contributed by atoms with Crippen LogP contribution in [-0.4, -0.2) is 121 Å². The first-order valence-electron chi connectivity index (χ1n) is 27.2. The normalized spacial score (nSPS) is 14.2. The first kappa shape index (κ1) is 61.8. The second-order valence-electron chi connectivity index (χ2n) is 21.7. The first-order valence-corrected chi connectivity index (χ1v) is 27.6. The number of benzene rings is 4. The predicted molar refractivity (Wildman–Crippen MR) is 320 cm³/mol. The van der Waals surface area contributed by atoms with Crippen LogP contribution in [0.5, 0.6) is 11.5 Å². The molecule has 2 aliphatic rings. The van der Waals surface area contributed by atoms with Gasteiger partial charge in [0.15, 0.2) is 22.9 Å². The lowest BCUT2D eigenvalue weighted by Crippen LogP contribution is -2.54. The van der Waals surface area contributed by atoms with Gasteiger partial charge in [0.05, 0.1) is 35.1 Å². The van der Waals surface area contributed by atoms with Gasteiger partial charge in [-0.15, -0.1) is 0 Å². The number of halogens is 4. The van der Waals surface area contributed by atoms with Crippen LogP contribution in [0.25, 0.3) is 22.1 Å². The maximum absolute atomic E-state index is 12.6. The third-order valence-corrected chi connectivity index (χ3v) is 15.2. The summed E-state index contributed by atoms with van der Waals surface area (Å²) in [4.78, 5) is 44.2. The van der Waals surface area contributed by atoms with Crippen molar-refractivity contribution >= 4 is 85.8 Å².